The molecule has 2 N–H and O–H groups in total. The molecule has 2 rings (SSSR count). The van der Waals surface area contributed by atoms with Crippen LogP contribution < -0.4 is 10.6 Å². The SMILES string of the molecule is CCNC(=NCC(=O)N1CCCC1)NCC1CCCCN1CC. The van der Waals surface area contributed by atoms with Gasteiger partial charge in [-0.3, -0.25) is 9.69 Å². The largest absolute Gasteiger partial charge is 0.357 e. The Balaban J connectivity index is 1.82. The van der Waals surface area contributed by atoms with E-state index in [0.717, 1.165) is 51.5 Å². The highest BCUT2D eigenvalue weighted by Crippen LogP contribution is 2.15. The summed E-state index contributed by atoms with van der Waals surface area (Å²) >= 11 is 0. The highest BCUT2D eigenvalue weighted by Gasteiger charge is 2.21. The number of likely N-dealkylation sites (N-methyl/N-ethyl adjacent to an activating group) is 1. The van der Waals surface area contributed by atoms with Crippen molar-refractivity contribution in [3.63, 3.8) is 0 Å². The molecule has 0 aliphatic carbocycles. The molecule has 6 nitrogen and oxygen atoms in total. The molecular weight excluding hydrogens is 290 g/mol. The van der Waals surface area contributed by atoms with Crippen molar-refractivity contribution < 1.29 is 4.79 Å². The molecule has 2 heterocycles. The maximum absolute atomic E-state index is 12.1. The molecule has 2 saturated heterocycles. The van der Waals surface area contributed by atoms with Crippen LogP contribution >= 0.6 is 0 Å². The molecule has 132 valence electrons. The fourth-order valence-corrected chi connectivity index (χ4v) is 3.48. The number of rotatable bonds is 6. The van der Waals surface area contributed by atoms with Crippen molar-refractivity contribution in [2.75, 3.05) is 45.8 Å². The molecule has 1 atom stereocenters. The van der Waals surface area contributed by atoms with Gasteiger partial charge in [-0.2, -0.15) is 0 Å². The van der Waals surface area contributed by atoms with Gasteiger partial charge in [0, 0.05) is 32.2 Å². The Morgan fingerprint density at radius 2 is 1.83 bits per heavy atom. The van der Waals surface area contributed by atoms with Crippen LogP contribution in [-0.2, 0) is 4.79 Å². The van der Waals surface area contributed by atoms with E-state index in [0.29, 0.717) is 6.04 Å². The minimum absolute atomic E-state index is 0.146. The topological polar surface area (TPSA) is 60.0 Å². The lowest BCUT2D eigenvalue weighted by molar-refractivity contribution is -0.128. The summed E-state index contributed by atoms with van der Waals surface area (Å²) in [6.45, 7) is 10.3. The fraction of sp³-hybridized carbons (Fsp3) is 0.882. The average molecular weight is 323 g/mol. The van der Waals surface area contributed by atoms with E-state index >= 15 is 0 Å². The van der Waals surface area contributed by atoms with Gasteiger partial charge in [-0.15, -0.1) is 0 Å². The predicted molar refractivity (Wildman–Crippen MR) is 94.7 cm³/mol. The minimum atomic E-state index is 0.146. The van der Waals surface area contributed by atoms with Gasteiger partial charge in [-0.25, -0.2) is 4.99 Å². The Bertz CT molecular complexity index is 392. The second kappa shape index (κ2) is 9.75. The van der Waals surface area contributed by atoms with Gasteiger partial charge >= 0.3 is 0 Å². The summed E-state index contributed by atoms with van der Waals surface area (Å²) in [5.74, 6) is 0.911. The lowest BCUT2D eigenvalue weighted by atomic mass is 10.0. The number of hydrogen-bond acceptors (Lipinski definition) is 3. The third kappa shape index (κ3) is 5.68. The first-order chi connectivity index (χ1) is 11.2. The Morgan fingerprint density at radius 1 is 1.09 bits per heavy atom. The van der Waals surface area contributed by atoms with Crippen LogP contribution in [0.25, 0.3) is 0 Å². The Kier molecular flexibility index (Phi) is 7.65. The minimum Gasteiger partial charge on any atom is -0.357 e. The molecule has 0 spiro atoms. The molecule has 2 aliphatic heterocycles. The van der Waals surface area contributed by atoms with Crippen LogP contribution in [0.3, 0.4) is 0 Å². The van der Waals surface area contributed by atoms with Crippen LogP contribution in [0.15, 0.2) is 4.99 Å². The number of carbonyl (C=O) groups excluding carboxylic acids is 1. The normalized spacial score (nSPS) is 23.1. The summed E-state index contributed by atoms with van der Waals surface area (Å²) in [6, 6.07) is 0.576. The van der Waals surface area contributed by atoms with E-state index in [-0.39, 0.29) is 12.5 Å². The second-order valence-electron chi connectivity index (χ2n) is 6.44. The fourth-order valence-electron chi connectivity index (χ4n) is 3.48. The number of hydrogen-bond donors (Lipinski definition) is 2. The van der Waals surface area contributed by atoms with Crippen molar-refractivity contribution in [3.8, 4) is 0 Å². The van der Waals surface area contributed by atoms with Gasteiger partial charge in [0.15, 0.2) is 5.96 Å². The molecule has 6 heteroatoms. The predicted octanol–water partition coefficient (Wildman–Crippen LogP) is 1.04. The van der Waals surface area contributed by atoms with Crippen LogP contribution in [0.1, 0.15) is 46.0 Å². The van der Waals surface area contributed by atoms with Gasteiger partial charge in [0.05, 0.1) is 0 Å². The van der Waals surface area contributed by atoms with Crippen LogP contribution in [0, 0.1) is 0 Å². The summed E-state index contributed by atoms with van der Waals surface area (Å²) in [7, 11) is 0. The van der Waals surface area contributed by atoms with Gasteiger partial charge in [0.1, 0.15) is 6.54 Å². The number of carbonyl (C=O) groups is 1. The van der Waals surface area contributed by atoms with E-state index in [4.69, 9.17) is 0 Å². The first-order valence-corrected chi connectivity index (χ1v) is 9.28. The molecular formula is C17H33N5O. The smallest absolute Gasteiger partial charge is 0.244 e. The van der Waals surface area contributed by atoms with E-state index in [1.54, 1.807) is 0 Å². The summed E-state index contributed by atoms with van der Waals surface area (Å²) < 4.78 is 0. The highest BCUT2D eigenvalue weighted by atomic mass is 16.2. The number of amides is 1. The van der Waals surface area contributed by atoms with E-state index in [1.165, 1.54) is 25.8 Å². The van der Waals surface area contributed by atoms with Gasteiger partial charge < -0.3 is 15.5 Å². The van der Waals surface area contributed by atoms with Gasteiger partial charge in [0.2, 0.25) is 5.91 Å². The summed E-state index contributed by atoms with van der Waals surface area (Å²) in [5, 5.41) is 6.68. The molecule has 0 aromatic carbocycles. The maximum Gasteiger partial charge on any atom is 0.244 e. The molecule has 0 aromatic heterocycles. The van der Waals surface area contributed by atoms with Gasteiger partial charge in [-0.1, -0.05) is 13.3 Å². The summed E-state index contributed by atoms with van der Waals surface area (Å²) in [6.07, 6.45) is 6.12. The molecule has 23 heavy (non-hydrogen) atoms. The van der Waals surface area contributed by atoms with Crippen molar-refractivity contribution in [2.45, 2.75) is 52.0 Å². The monoisotopic (exact) mass is 323 g/mol. The molecule has 0 bridgehead atoms. The quantitative estimate of drug-likeness (QED) is 0.566. The van der Waals surface area contributed by atoms with Crippen LogP contribution in [0.5, 0.6) is 0 Å². The van der Waals surface area contributed by atoms with Crippen LogP contribution in [0.2, 0.25) is 0 Å². The second-order valence-corrected chi connectivity index (χ2v) is 6.44. The van der Waals surface area contributed by atoms with E-state index in [1.807, 2.05) is 4.90 Å². The van der Waals surface area contributed by atoms with Crippen molar-refractivity contribution in [3.05, 3.63) is 0 Å². The maximum atomic E-state index is 12.1. The molecule has 1 unspecified atom stereocenters. The molecule has 0 aromatic rings. The molecule has 0 radical (unpaired) electrons. The number of nitrogens with zero attached hydrogens (tertiary/aromatic N) is 3. The van der Waals surface area contributed by atoms with E-state index in [2.05, 4.69) is 34.4 Å². The Morgan fingerprint density at radius 3 is 2.52 bits per heavy atom. The number of likely N-dealkylation sites (tertiary alicyclic amines) is 2. The number of nitrogens with one attached hydrogen (secondary N) is 2. The van der Waals surface area contributed by atoms with Crippen LogP contribution in [0.4, 0.5) is 0 Å². The zero-order chi connectivity index (χ0) is 16.5. The van der Waals surface area contributed by atoms with E-state index in [9.17, 15) is 4.79 Å². The number of aliphatic imine (C=N–C) groups is 1. The number of guanidine groups is 1. The third-order valence-corrected chi connectivity index (χ3v) is 4.84. The van der Waals surface area contributed by atoms with Crippen molar-refractivity contribution in [1.82, 2.24) is 20.4 Å². The molecule has 2 fully saturated rings. The molecule has 0 saturated carbocycles. The molecule has 1 amide bonds. The van der Waals surface area contributed by atoms with Crippen molar-refractivity contribution in [2.24, 2.45) is 4.99 Å². The first-order valence-electron chi connectivity index (χ1n) is 9.28. The summed E-state index contributed by atoms with van der Waals surface area (Å²) in [4.78, 5) is 21.1. The zero-order valence-corrected chi connectivity index (χ0v) is 14.8. The lowest BCUT2D eigenvalue weighted by Gasteiger charge is -2.35. The zero-order valence-electron chi connectivity index (χ0n) is 14.8. The van der Waals surface area contributed by atoms with Crippen LogP contribution in [-0.4, -0.2) is 73.5 Å². The van der Waals surface area contributed by atoms with Gasteiger partial charge in [0.25, 0.3) is 0 Å². The first kappa shape index (κ1) is 18.0. The van der Waals surface area contributed by atoms with Gasteiger partial charge in [-0.05, 0) is 45.7 Å². The molecule has 2 aliphatic rings. The average Bonchev–Trinajstić information content (AvgIpc) is 3.12. The van der Waals surface area contributed by atoms with Crippen molar-refractivity contribution >= 4 is 11.9 Å². The number of piperidine rings is 1. The van der Waals surface area contributed by atoms with Crippen molar-refractivity contribution in [1.29, 1.82) is 0 Å². The lowest BCUT2D eigenvalue weighted by Crippen LogP contribution is -2.49. The van der Waals surface area contributed by atoms with E-state index < -0.39 is 0 Å². The Labute approximate surface area is 140 Å². The standard InChI is InChI=1S/C17H33N5O/c1-3-18-17(20-14-16(23)22-11-7-8-12-22)19-13-15-9-5-6-10-21(15)4-2/h15H,3-14H2,1-2H3,(H2,18,19,20). The highest BCUT2D eigenvalue weighted by molar-refractivity contribution is 5.85. The third-order valence-electron chi connectivity index (χ3n) is 4.84. The summed E-state index contributed by atoms with van der Waals surface area (Å²) in [5.41, 5.74) is 0. The Hall–Kier alpha value is -1.30.